The molecule has 0 saturated heterocycles. The van der Waals surface area contributed by atoms with E-state index in [-0.39, 0.29) is 10.6 Å². The maximum atomic E-state index is 13.6. The number of halogens is 1. The fraction of sp³-hybridized carbons (Fsp3) is 0.200. The highest BCUT2D eigenvalue weighted by molar-refractivity contribution is 7.92. The second-order valence-corrected chi connectivity index (χ2v) is 9.32. The lowest BCUT2D eigenvalue weighted by atomic mass is 9.97. The molecule has 8 nitrogen and oxygen atoms in total. The molecule has 1 atom stereocenters. The second kappa shape index (κ2) is 7.33. The first-order valence-electron chi connectivity index (χ1n) is 9.07. The Balaban J connectivity index is 1.88. The van der Waals surface area contributed by atoms with Crippen LogP contribution in [-0.4, -0.2) is 43.7 Å². The Morgan fingerprint density at radius 2 is 1.90 bits per heavy atom. The summed E-state index contributed by atoms with van der Waals surface area (Å²) in [7, 11) is -0.809. The minimum absolute atomic E-state index is 0.104. The molecule has 0 saturated carbocycles. The molecule has 2 aromatic carbocycles. The van der Waals surface area contributed by atoms with Crippen LogP contribution in [0, 0.1) is 0 Å². The van der Waals surface area contributed by atoms with Crippen LogP contribution in [0.25, 0.3) is 11.3 Å². The number of aromatic nitrogens is 2. The molecule has 1 aliphatic heterocycles. The van der Waals surface area contributed by atoms with Gasteiger partial charge in [0.1, 0.15) is 5.75 Å². The lowest BCUT2D eigenvalue weighted by molar-refractivity contribution is 0.172. The van der Waals surface area contributed by atoms with Crippen molar-refractivity contribution in [3.63, 3.8) is 0 Å². The molecule has 1 amide bonds. The molecule has 0 fully saturated rings. The summed E-state index contributed by atoms with van der Waals surface area (Å²) >= 11 is 5.93. The number of aromatic amines is 1. The Bertz CT molecular complexity index is 1220. The molecule has 1 unspecified atom stereocenters. The number of anilines is 1. The van der Waals surface area contributed by atoms with Crippen molar-refractivity contribution in [1.82, 2.24) is 15.1 Å². The third-order valence-electron chi connectivity index (χ3n) is 4.89. The van der Waals surface area contributed by atoms with E-state index in [2.05, 4.69) is 10.2 Å². The lowest BCUT2D eigenvalue weighted by Gasteiger charge is -2.35. The number of nitrogens with one attached hydrogen (secondary N) is 1. The van der Waals surface area contributed by atoms with Crippen LogP contribution in [-0.2, 0) is 10.0 Å². The average Bonchev–Trinajstić information content (AvgIpc) is 3.18. The van der Waals surface area contributed by atoms with E-state index in [0.717, 1.165) is 11.3 Å². The number of fused-ring (bicyclic) bond motifs is 3. The molecule has 1 aromatic heterocycles. The number of sulfonamides is 1. The maximum Gasteiger partial charge on any atom is 0.414 e. The topological polar surface area (TPSA) is 95.6 Å². The fourth-order valence-corrected chi connectivity index (χ4v) is 5.15. The van der Waals surface area contributed by atoms with Crippen LogP contribution in [0.15, 0.2) is 53.6 Å². The highest BCUT2D eigenvalue weighted by Gasteiger charge is 2.38. The highest BCUT2D eigenvalue weighted by Crippen LogP contribution is 2.47. The van der Waals surface area contributed by atoms with Crippen molar-refractivity contribution in [2.24, 2.45) is 0 Å². The lowest BCUT2D eigenvalue weighted by Crippen LogP contribution is -2.36. The Morgan fingerprint density at radius 1 is 1.20 bits per heavy atom. The number of nitrogens with zero attached hydrogens (tertiary/aromatic N) is 3. The van der Waals surface area contributed by atoms with E-state index in [4.69, 9.17) is 16.3 Å². The van der Waals surface area contributed by atoms with E-state index in [0.29, 0.717) is 16.3 Å². The Labute approximate surface area is 179 Å². The van der Waals surface area contributed by atoms with Crippen LogP contribution < -0.4 is 9.04 Å². The monoisotopic (exact) mass is 446 g/mol. The number of ether oxygens (including phenoxy) is 1. The van der Waals surface area contributed by atoms with Crippen molar-refractivity contribution in [2.75, 3.05) is 18.4 Å². The predicted octanol–water partition coefficient (Wildman–Crippen LogP) is 4.06. The highest BCUT2D eigenvalue weighted by atomic mass is 35.5. The molecular formula is C20H19ClN4O4S. The summed E-state index contributed by atoms with van der Waals surface area (Å²) in [5, 5.41) is 7.47. The van der Waals surface area contributed by atoms with Gasteiger partial charge in [0.05, 0.1) is 28.5 Å². The first-order chi connectivity index (χ1) is 14.2. The number of hydrogen-bond donors (Lipinski definition) is 1. The average molecular weight is 447 g/mol. The van der Waals surface area contributed by atoms with Gasteiger partial charge in [-0.05, 0) is 43.3 Å². The van der Waals surface area contributed by atoms with Gasteiger partial charge < -0.3 is 9.64 Å². The van der Waals surface area contributed by atoms with Gasteiger partial charge in [0.2, 0.25) is 0 Å². The van der Waals surface area contributed by atoms with Gasteiger partial charge in [0, 0.05) is 36.3 Å². The van der Waals surface area contributed by atoms with E-state index in [9.17, 15) is 13.2 Å². The van der Waals surface area contributed by atoms with Crippen molar-refractivity contribution in [1.29, 1.82) is 0 Å². The first kappa shape index (κ1) is 20.2. The number of H-pyrrole nitrogens is 1. The van der Waals surface area contributed by atoms with E-state index in [1.807, 2.05) is 0 Å². The molecule has 1 N–H and O–H groups in total. The zero-order chi connectivity index (χ0) is 21.6. The molecule has 3 aromatic rings. The number of carbonyl (C=O) groups is 1. The van der Waals surface area contributed by atoms with Crippen molar-refractivity contribution < 1.29 is 17.9 Å². The second-order valence-electron chi connectivity index (χ2n) is 7.07. The molecule has 1 aliphatic rings. The SMILES string of the molecule is CC1c2cn[nH]c2-c2ccc(OC(=O)N(C)C)cc2N1S(=O)(=O)c1ccc(Cl)cc1. The van der Waals surface area contributed by atoms with Crippen LogP contribution in [0.3, 0.4) is 0 Å². The van der Waals surface area contributed by atoms with Gasteiger partial charge in [-0.2, -0.15) is 5.10 Å². The molecule has 4 rings (SSSR count). The van der Waals surface area contributed by atoms with E-state index < -0.39 is 22.2 Å². The standard InChI is InChI=1S/C20H19ClN4O4S/c1-12-17-11-22-23-19(17)16-9-6-14(29-20(26)24(2)3)10-18(16)25(12)30(27,28)15-7-4-13(21)5-8-15/h4-12H,1-3H3,(H,22,23). The number of rotatable bonds is 3. The first-order valence-corrected chi connectivity index (χ1v) is 10.9. The summed E-state index contributed by atoms with van der Waals surface area (Å²) < 4.78 is 33.8. The Kier molecular flexibility index (Phi) is 4.95. The van der Waals surface area contributed by atoms with Gasteiger partial charge in [0.25, 0.3) is 10.0 Å². The van der Waals surface area contributed by atoms with Gasteiger partial charge in [-0.3, -0.25) is 9.40 Å². The van der Waals surface area contributed by atoms with Crippen molar-refractivity contribution >= 4 is 33.4 Å². The minimum Gasteiger partial charge on any atom is -0.410 e. The molecule has 0 radical (unpaired) electrons. The number of amides is 1. The quantitative estimate of drug-likeness (QED) is 0.654. The van der Waals surface area contributed by atoms with Crippen molar-refractivity contribution in [3.8, 4) is 17.0 Å². The van der Waals surface area contributed by atoms with Crippen LogP contribution in [0.5, 0.6) is 5.75 Å². The molecule has 2 heterocycles. The van der Waals surface area contributed by atoms with Crippen molar-refractivity contribution in [2.45, 2.75) is 17.9 Å². The summed E-state index contributed by atoms with van der Waals surface area (Å²) in [5.41, 5.74) is 2.50. The predicted molar refractivity (Wildman–Crippen MR) is 113 cm³/mol. The molecule has 0 aliphatic carbocycles. The Hall–Kier alpha value is -3.04. The molecule has 156 valence electrons. The van der Waals surface area contributed by atoms with E-state index in [1.54, 1.807) is 45.4 Å². The summed E-state index contributed by atoms with van der Waals surface area (Å²) in [6.07, 6.45) is 1.06. The largest absolute Gasteiger partial charge is 0.414 e. The molecular weight excluding hydrogens is 428 g/mol. The smallest absolute Gasteiger partial charge is 0.410 e. The van der Waals surface area contributed by atoms with Gasteiger partial charge in [-0.1, -0.05) is 11.6 Å². The number of benzene rings is 2. The molecule has 10 heteroatoms. The van der Waals surface area contributed by atoms with Gasteiger partial charge in [-0.25, -0.2) is 13.2 Å². The van der Waals surface area contributed by atoms with Crippen LogP contribution >= 0.6 is 11.6 Å². The minimum atomic E-state index is -3.94. The molecule has 30 heavy (non-hydrogen) atoms. The fourth-order valence-electron chi connectivity index (χ4n) is 3.38. The van der Waals surface area contributed by atoms with Crippen molar-refractivity contribution in [3.05, 3.63) is 59.2 Å². The molecule has 0 bridgehead atoms. The summed E-state index contributed by atoms with van der Waals surface area (Å²) in [4.78, 5) is 13.4. The number of carbonyl (C=O) groups excluding carboxylic acids is 1. The summed E-state index contributed by atoms with van der Waals surface area (Å²) in [6.45, 7) is 1.78. The zero-order valence-electron chi connectivity index (χ0n) is 16.5. The van der Waals surface area contributed by atoms with Crippen LogP contribution in [0.4, 0.5) is 10.5 Å². The third-order valence-corrected chi connectivity index (χ3v) is 7.04. The van der Waals surface area contributed by atoms with Gasteiger partial charge in [-0.15, -0.1) is 0 Å². The molecule has 0 spiro atoms. The maximum absolute atomic E-state index is 13.6. The van der Waals surface area contributed by atoms with Crippen LogP contribution in [0.2, 0.25) is 5.02 Å². The van der Waals surface area contributed by atoms with Crippen LogP contribution in [0.1, 0.15) is 18.5 Å². The normalized spacial score (nSPS) is 15.3. The third kappa shape index (κ3) is 3.29. The number of hydrogen-bond acceptors (Lipinski definition) is 5. The summed E-state index contributed by atoms with van der Waals surface area (Å²) in [6, 6.07) is 10.3. The van der Waals surface area contributed by atoms with E-state index >= 15 is 0 Å². The summed E-state index contributed by atoms with van der Waals surface area (Å²) in [5.74, 6) is 0.235. The van der Waals surface area contributed by atoms with E-state index in [1.165, 1.54) is 33.5 Å². The van der Waals surface area contributed by atoms with Gasteiger partial charge >= 0.3 is 6.09 Å². The van der Waals surface area contributed by atoms with Gasteiger partial charge in [0.15, 0.2) is 0 Å². The zero-order valence-corrected chi connectivity index (χ0v) is 18.0. The Morgan fingerprint density at radius 3 is 2.57 bits per heavy atom.